The van der Waals surface area contributed by atoms with Crippen LogP contribution in [0.25, 0.3) is 5.65 Å². The van der Waals surface area contributed by atoms with Crippen molar-refractivity contribution in [3.63, 3.8) is 0 Å². The zero-order chi connectivity index (χ0) is 20.8. The molecule has 0 amide bonds. The molecule has 0 fully saturated rings. The van der Waals surface area contributed by atoms with Crippen molar-refractivity contribution in [3.05, 3.63) is 47.2 Å². The molecule has 3 heterocycles. The molecule has 4 rings (SSSR count). The fourth-order valence-electron chi connectivity index (χ4n) is 4.09. The van der Waals surface area contributed by atoms with Crippen molar-refractivity contribution in [2.45, 2.75) is 64.0 Å². The summed E-state index contributed by atoms with van der Waals surface area (Å²) in [5.74, 6) is -0.213. The predicted molar refractivity (Wildman–Crippen MR) is 113 cm³/mol. The SMILES string of the molecule is Cc1cc2ncc3c(n2n1)C(C)(c1ccn(COCC[Si](C)(C)C)n1)CC3C#N. The maximum atomic E-state index is 9.73. The molecule has 0 N–H and O–H groups in total. The molecule has 1 aliphatic rings. The highest BCUT2D eigenvalue weighted by molar-refractivity contribution is 6.76. The van der Waals surface area contributed by atoms with Gasteiger partial charge in [-0.25, -0.2) is 14.2 Å². The number of ether oxygens (including phenoxy) is 1. The van der Waals surface area contributed by atoms with Crippen LogP contribution in [0.5, 0.6) is 0 Å². The first-order chi connectivity index (χ1) is 13.7. The Balaban J connectivity index is 1.64. The first-order valence-corrected chi connectivity index (χ1v) is 13.8. The molecule has 0 aliphatic heterocycles. The fourth-order valence-corrected chi connectivity index (χ4v) is 4.85. The van der Waals surface area contributed by atoms with E-state index in [0.29, 0.717) is 13.2 Å². The molecule has 2 atom stereocenters. The lowest BCUT2D eigenvalue weighted by Crippen LogP contribution is -2.25. The lowest BCUT2D eigenvalue weighted by Gasteiger charge is -2.23. The number of fused-ring (bicyclic) bond motifs is 3. The topological polar surface area (TPSA) is 81.0 Å². The molecule has 0 saturated carbocycles. The van der Waals surface area contributed by atoms with Gasteiger partial charge in [0.15, 0.2) is 5.65 Å². The Kier molecular flexibility index (Phi) is 4.83. The van der Waals surface area contributed by atoms with Crippen molar-refractivity contribution < 1.29 is 4.74 Å². The molecular weight excluding hydrogens is 380 g/mol. The van der Waals surface area contributed by atoms with Crippen LogP contribution in [-0.2, 0) is 16.9 Å². The van der Waals surface area contributed by atoms with Crippen molar-refractivity contribution in [1.82, 2.24) is 24.4 Å². The van der Waals surface area contributed by atoms with Gasteiger partial charge in [0.2, 0.25) is 0 Å². The Bertz CT molecular complexity index is 1090. The van der Waals surface area contributed by atoms with Crippen molar-refractivity contribution in [1.29, 1.82) is 5.26 Å². The summed E-state index contributed by atoms with van der Waals surface area (Å²) >= 11 is 0. The maximum absolute atomic E-state index is 9.73. The van der Waals surface area contributed by atoms with Crippen LogP contribution in [0.2, 0.25) is 25.7 Å². The molecule has 3 aromatic rings. The summed E-state index contributed by atoms with van der Waals surface area (Å²) < 4.78 is 9.58. The minimum Gasteiger partial charge on any atom is -0.360 e. The molecule has 0 spiro atoms. The van der Waals surface area contributed by atoms with Gasteiger partial charge in [-0.3, -0.25) is 0 Å². The minimum atomic E-state index is -1.10. The van der Waals surface area contributed by atoms with Crippen molar-refractivity contribution in [3.8, 4) is 6.07 Å². The van der Waals surface area contributed by atoms with Gasteiger partial charge in [-0.05, 0) is 32.4 Å². The molecule has 29 heavy (non-hydrogen) atoms. The van der Waals surface area contributed by atoms with Gasteiger partial charge in [-0.1, -0.05) is 19.6 Å². The number of nitrogens with zero attached hydrogens (tertiary/aromatic N) is 6. The number of nitriles is 1. The van der Waals surface area contributed by atoms with E-state index in [0.717, 1.165) is 40.9 Å². The Morgan fingerprint density at radius 2 is 2.14 bits per heavy atom. The number of hydrogen-bond donors (Lipinski definition) is 0. The lowest BCUT2D eigenvalue weighted by atomic mass is 9.83. The van der Waals surface area contributed by atoms with Gasteiger partial charge in [-0.2, -0.15) is 15.5 Å². The highest BCUT2D eigenvalue weighted by Gasteiger charge is 2.46. The maximum Gasteiger partial charge on any atom is 0.155 e. The van der Waals surface area contributed by atoms with E-state index in [9.17, 15) is 5.26 Å². The Hall–Kier alpha value is -2.50. The van der Waals surface area contributed by atoms with Gasteiger partial charge in [0.1, 0.15) is 6.73 Å². The van der Waals surface area contributed by atoms with E-state index in [1.54, 1.807) is 0 Å². The Labute approximate surface area is 172 Å². The molecule has 0 aromatic carbocycles. The monoisotopic (exact) mass is 408 g/mol. The third kappa shape index (κ3) is 3.60. The van der Waals surface area contributed by atoms with Gasteiger partial charge in [0.25, 0.3) is 0 Å². The zero-order valence-corrected chi connectivity index (χ0v) is 18.8. The molecule has 2 unspecified atom stereocenters. The summed E-state index contributed by atoms with van der Waals surface area (Å²) in [4.78, 5) is 4.51. The average Bonchev–Trinajstić information content (AvgIpc) is 3.33. The third-order valence-corrected chi connectivity index (χ3v) is 7.43. The average molecular weight is 409 g/mol. The summed E-state index contributed by atoms with van der Waals surface area (Å²) in [6.45, 7) is 12.4. The minimum absolute atomic E-state index is 0.213. The molecule has 0 radical (unpaired) electrons. The molecule has 7 nitrogen and oxygen atoms in total. The molecule has 1 aliphatic carbocycles. The second-order valence-corrected chi connectivity index (χ2v) is 15.0. The summed E-state index contributed by atoms with van der Waals surface area (Å²) in [5, 5.41) is 19.2. The van der Waals surface area contributed by atoms with Crippen LogP contribution in [-0.4, -0.2) is 39.1 Å². The molecule has 3 aromatic heterocycles. The van der Waals surface area contributed by atoms with Gasteiger partial charge < -0.3 is 4.74 Å². The van der Waals surface area contributed by atoms with Gasteiger partial charge in [-0.15, -0.1) is 0 Å². The van der Waals surface area contributed by atoms with Crippen LogP contribution in [0.4, 0.5) is 0 Å². The number of rotatable bonds is 6. The smallest absolute Gasteiger partial charge is 0.155 e. The Morgan fingerprint density at radius 1 is 1.34 bits per heavy atom. The summed E-state index contributed by atoms with van der Waals surface area (Å²) in [6.07, 6.45) is 4.47. The molecular formula is C21H28N6OSi. The van der Waals surface area contributed by atoms with Crippen LogP contribution >= 0.6 is 0 Å². The van der Waals surface area contributed by atoms with Gasteiger partial charge in [0.05, 0.1) is 34.5 Å². The Morgan fingerprint density at radius 3 is 2.86 bits per heavy atom. The molecule has 8 heteroatoms. The van der Waals surface area contributed by atoms with Crippen LogP contribution < -0.4 is 0 Å². The first kappa shape index (κ1) is 19.8. The van der Waals surface area contributed by atoms with Crippen molar-refractivity contribution in [2.75, 3.05) is 6.61 Å². The predicted octanol–water partition coefficient (Wildman–Crippen LogP) is 3.86. The van der Waals surface area contributed by atoms with Crippen LogP contribution in [0.3, 0.4) is 0 Å². The van der Waals surface area contributed by atoms with E-state index in [1.165, 1.54) is 0 Å². The molecule has 152 valence electrons. The van der Waals surface area contributed by atoms with Gasteiger partial charge in [0, 0.05) is 38.7 Å². The standard InChI is InChI=1S/C21H28N6OSi/c1-15-10-19-23-13-17-16(12-22)11-21(2,20(17)27(19)24-15)18-6-7-26(25-18)14-28-8-9-29(3,4)5/h6-7,10,13,16H,8-9,11,14H2,1-5H3. The van der Waals surface area contributed by atoms with E-state index in [1.807, 2.05) is 40.6 Å². The van der Waals surface area contributed by atoms with Gasteiger partial charge >= 0.3 is 0 Å². The van der Waals surface area contributed by atoms with E-state index in [4.69, 9.17) is 9.84 Å². The van der Waals surface area contributed by atoms with E-state index >= 15 is 0 Å². The second-order valence-electron chi connectivity index (χ2n) is 9.42. The number of hydrogen-bond acceptors (Lipinski definition) is 5. The summed E-state index contributed by atoms with van der Waals surface area (Å²) in [5.41, 5.74) is 4.22. The van der Waals surface area contributed by atoms with Crippen molar-refractivity contribution >= 4 is 13.7 Å². The highest BCUT2D eigenvalue weighted by Crippen LogP contribution is 2.48. The summed E-state index contributed by atoms with van der Waals surface area (Å²) in [7, 11) is -1.10. The van der Waals surface area contributed by atoms with E-state index < -0.39 is 13.5 Å². The summed E-state index contributed by atoms with van der Waals surface area (Å²) in [6, 6.07) is 7.58. The largest absolute Gasteiger partial charge is 0.360 e. The fraction of sp³-hybridized carbons (Fsp3) is 0.524. The lowest BCUT2D eigenvalue weighted by molar-refractivity contribution is 0.0780. The molecule has 0 bridgehead atoms. The van der Waals surface area contributed by atoms with Crippen LogP contribution in [0.15, 0.2) is 24.5 Å². The molecule has 0 saturated heterocycles. The quantitative estimate of drug-likeness (QED) is 0.457. The zero-order valence-electron chi connectivity index (χ0n) is 17.8. The highest BCUT2D eigenvalue weighted by atomic mass is 28.3. The third-order valence-electron chi connectivity index (χ3n) is 5.73. The van der Waals surface area contributed by atoms with Crippen molar-refractivity contribution in [2.24, 2.45) is 0 Å². The van der Waals surface area contributed by atoms with Crippen LogP contribution in [0, 0.1) is 18.3 Å². The number of aromatic nitrogens is 5. The van der Waals surface area contributed by atoms with Crippen LogP contribution in [0.1, 0.15) is 41.9 Å². The first-order valence-electron chi connectivity index (χ1n) is 10.1. The normalized spacial score (nSPS) is 21.4. The van der Waals surface area contributed by atoms with E-state index in [-0.39, 0.29) is 5.92 Å². The number of aryl methyl sites for hydroxylation is 1. The second kappa shape index (κ2) is 7.08. The van der Waals surface area contributed by atoms with E-state index in [2.05, 4.69) is 42.7 Å².